The van der Waals surface area contributed by atoms with E-state index in [0.29, 0.717) is 12.8 Å². The summed E-state index contributed by atoms with van der Waals surface area (Å²) in [5.74, 6) is 0.760. The lowest BCUT2D eigenvalue weighted by atomic mass is 10.1. The number of aromatic amines is 2. The quantitative estimate of drug-likeness (QED) is 0.756. The summed E-state index contributed by atoms with van der Waals surface area (Å²) in [6.45, 7) is 1.94. The topological polar surface area (TPSA) is 87.3 Å². The minimum Gasteiger partial charge on any atom is -0.302 e. The predicted molar refractivity (Wildman–Crippen MR) is 78.0 cm³/mol. The molecule has 0 aliphatic carbocycles. The van der Waals surface area contributed by atoms with Crippen LogP contribution in [0.4, 0.5) is 0 Å². The van der Waals surface area contributed by atoms with Gasteiger partial charge < -0.3 is 5.10 Å². The van der Waals surface area contributed by atoms with Gasteiger partial charge in [-0.3, -0.25) is 14.9 Å². The molecule has 0 unspecified atom stereocenters. The largest absolute Gasteiger partial charge is 0.302 e. The SMILES string of the molecule is Cc1cc(Cc2cc(=O)[nH][nH]2)nc(Cc2cccnc2)n1. The maximum absolute atomic E-state index is 11.1. The maximum Gasteiger partial charge on any atom is 0.264 e. The summed E-state index contributed by atoms with van der Waals surface area (Å²) in [4.78, 5) is 24.2. The minimum atomic E-state index is -0.133. The van der Waals surface area contributed by atoms with Crippen LogP contribution in [0.15, 0.2) is 41.5 Å². The van der Waals surface area contributed by atoms with E-state index in [2.05, 4.69) is 25.1 Å². The molecule has 3 aromatic rings. The second kappa shape index (κ2) is 5.70. The van der Waals surface area contributed by atoms with Crippen molar-refractivity contribution in [3.05, 3.63) is 75.5 Å². The number of hydrogen-bond donors (Lipinski definition) is 2. The second-order valence-electron chi connectivity index (χ2n) is 4.92. The summed E-state index contributed by atoms with van der Waals surface area (Å²) in [5, 5.41) is 5.36. The summed E-state index contributed by atoms with van der Waals surface area (Å²) >= 11 is 0. The third-order valence-corrected chi connectivity index (χ3v) is 3.06. The van der Waals surface area contributed by atoms with Gasteiger partial charge in [0.05, 0.1) is 5.69 Å². The molecule has 2 N–H and O–H groups in total. The van der Waals surface area contributed by atoms with Crippen LogP contribution in [-0.2, 0) is 12.8 Å². The fourth-order valence-electron chi connectivity index (χ4n) is 2.22. The van der Waals surface area contributed by atoms with E-state index in [-0.39, 0.29) is 5.56 Å². The van der Waals surface area contributed by atoms with E-state index >= 15 is 0 Å². The Morgan fingerprint density at radius 1 is 1.14 bits per heavy atom. The number of hydrogen-bond acceptors (Lipinski definition) is 4. The average molecular weight is 281 g/mol. The van der Waals surface area contributed by atoms with Crippen LogP contribution in [0, 0.1) is 6.92 Å². The van der Waals surface area contributed by atoms with Crippen molar-refractivity contribution >= 4 is 0 Å². The fraction of sp³-hybridized carbons (Fsp3) is 0.200. The Labute approximate surface area is 121 Å². The molecule has 0 atom stereocenters. The van der Waals surface area contributed by atoms with Crippen LogP contribution in [-0.4, -0.2) is 25.1 Å². The second-order valence-corrected chi connectivity index (χ2v) is 4.92. The van der Waals surface area contributed by atoms with Crippen molar-refractivity contribution in [2.75, 3.05) is 0 Å². The van der Waals surface area contributed by atoms with Gasteiger partial charge >= 0.3 is 0 Å². The zero-order chi connectivity index (χ0) is 14.7. The molecular formula is C15H15N5O. The molecule has 0 aliphatic rings. The van der Waals surface area contributed by atoms with E-state index < -0.39 is 0 Å². The molecular weight excluding hydrogens is 266 g/mol. The summed E-state index contributed by atoms with van der Waals surface area (Å²) in [7, 11) is 0. The van der Waals surface area contributed by atoms with Crippen LogP contribution in [0.25, 0.3) is 0 Å². The van der Waals surface area contributed by atoms with Gasteiger partial charge in [0.1, 0.15) is 5.82 Å². The lowest BCUT2D eigenvalue weighted by Gasteiger charge is -2.05. The third kappa shape index (κ3) is 3.42. The molecule has 6 heteroatoms. The molecule has 3 aromatic heterocycles. The van der Waals surface area contributed by atoms with Crippen molar-refractivity contribution in [3.8, 4) is 0 Å². The number of aromatic nitrogens is 5. The zero-order valence-electron chi connectivity index (χ0n) is 11.6. The van der Waals surface area contributed by atoms with Gasteiger partial charge in [-0.2, -0.15) is 0 Å². The van der Waals surface area contributed by atoms with Gasteiger partial charge in [0.2, 0.25) is 0 Å². The molecule has 0 spiro atoms. The highest BCUT2D eigenvalue weighted by Crippen LogP contribution is 2.09. The summed E-state index contributed by atoms with van der Waals surface area (Å²) in [6.07, 6.45) is 4.78. The Morgan fingerprint density at radius 3 is 2.76 bits per heavy atom. The third-order valence-electron chi connectivity index (χ3n) is 3.06. The van der Waals surface area contributed by atoms with Gasteiger partial charge in [-0.25, -0.2) is 9.97 Å². The van der Waals surface area contributed by atoms with Crippen molar-refractivity contribution in [1.29, 1.82) is 0 Å². The number of H-pyrrole nitrogens is 2. The highest BCUT2D eigenvalue weighted by molar-refractivity contribution is 5.20. The molecule has 0 saturated carbocycles. The van der Waals surface area contributed by atoms with Gasteiger partial charge in [-0.05, 0) is 24.6 Å². The van der Waals surface area contributed by atoms with Gasteiger partial charge in [0.15, 0.2) is 0 Å². The maximum atomic E-state index is 11.1. The standard InChI is InChI=1S/C15H15N5O/c1-10-5-12(7-13-8-15(21)20-19-13)18-14(17-10)6-11-3-2-4-16-9-11/h2-5,8-9H,6-7H2,1H3,(H2,19,20,21). The van der Waals surface area contributed by atoms with Crippen LogP contribution in [0.5, 0.6) is 0 Å². The molecule has 21 heavy (non-hydrogen) atoms. The number of aryl methyl sites for hydroxylation is 1. The van der Waals surface area contributed by atoms with Crippen LogP contribution in [0.2, 0.25) is 0 Å². The number of nitrogens with one attached hydrogen (secondary N) is 2. The van der Waals surface area contributed by atoms with Crippen LogP contribution < -0.4 is 5.56 Å². The molecule has 0 aromatic carbocycles. The molecule has 0 amide bonds. The van der Waals surface area contributed by atoms with Crippen LogP contribution >= 0.6 is 0 Å². The Kier molecular flexibility index (Phi) is 3.59. The summed E-state index contributed by atoms with van der Waals surface area (Å²) in [6, 6.07) is 7.37. The number of rotatable bonds is 4. The molecule has 0 aliphatic heterocycles. The molecule has 0 fully saturated rings. The van der Waals surface area contributed by atoms with Crippen molar-refractivity contribution in [2.45, 2.75) is 19.8 Å². The normalized spacial score (nSPS) is 10.7. The van der Waals surface area contributed by atoms with E-state index in [1.165, 1.54) is 6.07 Å². The zero-order valence-corrected chi connectivity index (χ0v) is 11.6. The first kappa shape index (κ1) is 13.2. The minimum absolute atomic E-state index is 0.133. The molecule has 3 heterocycles. The van der Waals surface area contributed by atoms with Gasteiger partial charge in [0.25, 0.3) is 5.56 Å². The Morgan fingerprint density at radius 2 is 2.05 bits per heavy atom. The first-order valence-electron chi connectivity index (χ1n) is 6.68. The fourth-order valence-corrected chi connectivity index (χ4v) is 2.22. The van der Waals surface area contributed by atoms with Gasteiger partial charge in [-0.1, -0.05) is 6.07 Å². The molecule has 0 bridgehead atoms. The predicted octanol–water partition coefficient (Wildman–Crippen LogP) is 1.38. The lowest BCUT2D eigenvalue weighted by molar-refractivity contribution is 0.878. The molecule has 0 radical (unpaired) electrons. The Balaban J connectivity index is 1.84. The van der Waals surface area contributed by atoms with Crippen molar-refractivity contribution in [2.24, 2.45) is 0 Å². The Hall–Kier alpha value is -2.76. The van der Waals surface area contributed by atoms with Crippen molar-refractivity contribution in [3.63, 3.8) is 0 Å². The van der Waals surface area contributed by atoms with E-state index in [9.17, 15) is 4.79 Å². The lowest BCUT2D eigenvalue weighted by Crippen LogP contribution is -2.03. The van der Waals surface area contributed by atoms with E-state index in [4.69, 9.17) is 0 Å². The van der Waals surface area contributed by atoms with Crippen LogP contribution in [0.1, 0.15) is 28.5 Å². The molecule has 0 saturated heterocycles. The van der Waals surface area contributed by atoms with E-state index in [0.717, 1.165) is 28.5 Å². The number of nitrogens with zero attached hydrogens (tertiary/aromatic N) is 3. The first-order chi connectivity index (χ1) is 10.2. The summed E-state index contributed by atoms with van der Waals surface area (Å²) < 4.78 is 0. The van der Waals surface area contributed by atoms with Gasteiger partial charge in [-0.15, -0.1) is 0 Å². The first-order valence-corrected chi connectivity index (χ1v) is 6.68. The number of pyridine rings is 1. The van der Waals surface area contributed by atoms with Crippen molar-refractivity contribution < 1.29 is 0 Å². The molecule has 6 nitrogen and oxygen atoms in total. The van der Waals surface area contributed by atoms with Gasteiger partial charge in [0, 0.05) is 42.7 Å². The van der Waals surface area contributed by atoms with Crippen molar-refractivity contribution in [1.82, 2.24) is 25.1 Å². The van der Waals surface area contributed by atoms with Crippen LogP contribution in [0.3, 0.4) is 0 Å². The highest BCUT2D eigenvalue weighted by atomic mass is 16.1. The monoisotopic (exact) mass is 281 g/mol. The average Bonchev–Trinajstić information content (AvgIpc) is 2.84. The molecule has 3 rings (SSSR count). The molecule has 106 valence electrons. The van der Waals surface area contributed by atoms with E-state index in [1.54, 1.807) is 6.20 Å². The highest BCUT2D eigenvalue weighted by Gasteiger charge is 2.06. The smallest absolute Gasteiger partial charge is 0.264 e. The Bertz CT molecular complexity index is 791. The van der Waals surface area contributed by atoms with E-state index in [1.807, 2.05) is 31.3 Å². The summed E-state index contributed by atoms with van der Waals surface area (Å²) in [5.41, 5.74) is 3.55.